The van der Waals surface area contributed by atoms with Gasteiger partial charge in [0.15, 0.2) is 12.4 Å². The number of hydrogen-bond acceptors (Lipinski definition) is 7. The number of aromatic amines is 1. The van der Waals surface area contributed by atoms with Crippen molar-refractivity contribution in [1.29, 1.82) is 0 Å². The fourth-order valence-corrected chi connectivity index (χ4v) is 2.81. The lowest BCUT2D eigenvalue weighted by atomic mass is 10.1. The van der Waals surface area contributed by atoms with Crippen LogP contribution in [-0.4, -0.2) is 53.7 Å². The van der Waals surface area contributed by atoms with E-state index in [4.69, 9.17) is 14.0 Å². The first-order valence-corrected chi connectivity index (χ1v) is 7.95. The zero-order chi connectivity index (χ0) is 17.2. The molecule has 1 aliphatic rings. The van der Waals surface area contributed by atoms with Gasteiger partial charge in [-0.05, 0) is 0 Å². The van der Waals surface area contributed by atoms with Crippen molar-refractivity contribution in [2.24, 2.45) is 0 Å². The standard InChI is InChI=1S/C11H16FN2O8P/c1-19-5-6-9(22-23(17,18)20-2)8(12)10(21-6)14-4-3-7(15)13-11(14)16/h3-4,6,8-10H,5H2,1-2H3,(H,17,18)(H,13,15,16)/t6-,8+,9?,10-/m1/s1. The lowest BCUT2D eigenvalue weighted by Crippen LogP contribution is -2.36. The normalized spacial score (nSPS) is 30.3. The maximum absolute atomic E-state index is 14.6. The van der Waals surface area contributed by atoms with E-state index in [2.05, 4.69) is 4.52 Å². The number of halogens is 1. The van der Waals surface area contributed by atoms with Gasteiger partial charge in [0.1, 0.15) is 12.2 Å². The maximum atomic E-state index is 14.6. The van der Waals surface area contributed by atoms with E-state index in [-0.39, 0.29) is 6.61 Å². The number of rotatable bonds is 6. The molecule has 12 heteroatoms. The van der Waals surface area contributed by atoms with Crippen LogP contribution in [0.2, 0.25) is 0 Å². The summed E-state index contributed by atoms with van der Waals surface area (Å²) >= 11 is 0. The summed E-state index contributed by atoms with van der Waals surface area (Å²) in [4.78, 5) is 34.1. The van der Waals surface area contributed by atoms with Crippen molar-refractivity contribution in [3.8, 4) is 0 Å². The van der Waals surface area contributed by atoms with Gasteiger partial charge in [-0.1, -0.05) is 0 Å². The van der Waals surface area contributed by atoms with Crippen molar-refractivity contribution in [1.82, 2.24) is 9.55 Å². The monoisotopic (exact) mass is 354 g/mol. The largest absolute Gasteiger partial charge is 0.472 e. The van der Waals surface area contributed by atoms with Gasteiger partial charge in [-0.25, -0.2) is 13.8 Å². The minimum atomic E-state index is -4.48. The first-order chi connectivity index (χ1) is 10.8. The maximum Gasteiger partial charge on any atom is 0.472 e. The second-order valence-electron chi connectivity index (χ2n) is 4.70. The van der Waals surface area contributed by atoms with Gasteiger partial charge >= 0.3 is 13.5 Å². The summed E-state index contributed by atoms with van der Waals surface area (Å²) in [5, 5.41) is 0. The van der Waals surface area contributed by atoms with Crippen LogP contribution in [0.15, 0.2) is 21.9 Å². The smallest absolute Gasteiger partial charge is 0.382 e. The Kier molecular flexibility index (Phi) is 5.50. The van der Waals surface area contributed by atoms with Gasteiger partial charge in [-0.15, -0.1) is 0 Å². The molecule has 0 spiro atoms. The number of nitrogens with zero attached hydrogens (tertiary/aromatic N) is 1. The Balaban J connectivity index is 2.32. The molecule has 0 radical (unpaired) electrons. The zero-order valence-corrected chi connectivity index (χ0v) is 13.1. The minimum absolute atomic E-state index is 0.149. The molecular formula is C11H16FN2O8P. The van der Waals surface area contributed by atoms with Crippen molar-refractivity contribution in [3.63, 3.8) is 0 Å². The van der Waals surface area contributed by atoms with Crippen LogP contribution in [0.5, 0.6) is 0 Å². The number of methoxy groups -OCH3 is 1. The van der Waals surface area contributed by atoms with Crippen molar-refractivity contribution in [2.75, 3.05) is 20.8 Å². The molecule has 1 fully saturated rings. The predicted molar refractivity (Wildman–Crippen MR) is 73.7 cm³/mol. The molecule has 2 unspecified atom stereocenters. The Morgan fingerprint density at radius 1 is 1.48 bits per heavy atom. The van der Waals surface area contributed by atoms with Crippen LogP contribution in [0.1, 0.15) is 6.23 Å². The summed E-state index contributed by atoms with van der Waals surface area (Å²) in [5.74, 6) is 0. The molecule has 5 atom stereocenters. The summed E-state index contributed by atoms with van der Waals surface area (Å²) in [6.45, 7) is -0.149. The fraction of sp³-hybridized carbons (Fsp3) is 0.636. The van der Waals surface area contributed by atoms with Gasteiger partial charge in [-0.3, -0.25) is 23.4 Å². The third-order valence-corrected chi connectivity index (χ3v) is 4.18. The molecule has 2 N–H and O–H groups in total. The number of ether oxygens (including phenoxy) is 2. The third-order valence-electron chi connectivity index (χ3n) is 3.21. The molecular weight excluding hydrogens is 338 g/mol. The number of H-pyrrole nitrogens is 1. The lowest BCUT2D eigenvalue weighted by Gasteiger charge is -2.20. The molecule has 0 aliphatic carbocycles. The van der Waals surface area contributed by atoms with E-state index in [1.165, 1.54) is 7.11 Å². The highest BCUT2D eigenvalue weighted by Gasteiger charge is 2.50. The Hall–Kier alpha value is -1.36. The number of phosphoric acid groups is 1. The van der Waals surface area contributed by atoms with Crippen molar-refractivity contribution >= 4 is 7.82 Å². The van der Waals surface area contributed by atoms with Gasteiger partial charge in [0, 0.05) is 26.5 Å². The SMILES string of the molecule is COC[C@H]1O[C@@H](n2ccc(=O)[nH]c2=O)[C@@H](F)C1OP(=O)(O)OC. The molecule has 0 aromatic carbocycles. The van der Waals surface area contributed by atoms with Gasteiger partial charge in [0.2, 0.25) is 0 Å². The summed E-state index contributed by atoms with van der Waals surface area (Å²) in [6.07, 6.45) is -4.95. The van der Waals surface area contributed by atoms with E-state index < -0.39 is 43.7 Å². The molecule has 23 heavy (non-hydrogen) atoms. The second kappa shape index (κ2) is 7.04. The molecule has 0 bridgehead atoms. The van der Waals surface area contributed by atoms with Crippen LogP contribution in [0, 0.1) is 0 Å². The Bertz CT molecular complexity index is 706. The van der Waals surface area contributed by atoms with E-state index in [0.29, 0.717) is 0 Å². The quantitative estimate of drug-likeness (QED) is 0.657. The molecule has 1 aromatic heterocycles. The highest BCUT2D eigenvalue weighted by atomic mass is 31.2. The molecule has 1 saturated heterocycles. The molecule has 2 heterocycles. The Labute approximate surface area is 129 Å². The number of phosphoric ester groups is 1. The first-order valence-electron chi connectivity index (χ1n) is 6.46. The topological polar surface area (TPSA) is 129 Å². The zero-order valence-electron chi connectivity index (χ0n) is 12.2. The number of nitrogens with one attached hydrogen (secondary N) is 1. The van der Waals surface area contributed by atoms with Gasteiger partial charge in [0.05, 0.1) is 6.61 Å². The Morgan fingerprint density at radius 3 is 2.74 bits per heavy atom. The van der Waals surface area contributed by atoms with Crippen LogP contribution in [0.25, 0.3) is 0 Å². The Morgan fingerprint density at radius 2 is 2.17 bits per heavy atom. The van der Waals surface area contributed by atoms with Crippen molar-refractivity contribution in [2.45, 2.75) is 24.6 Å². The second-order valence-corrected chi connectivity index (χ2v) is 6.22. The minimum Gasteiger partial charge on any atom is -0.382 e. The first kappa shape index (κ1) is 18.0. The van der Waals surface area contributed by atoms with Crippen LogP contribution in [0.3, 0.4) is 0 Å². The van der Waals surface area contributed by atoms with E-state index >= 15 is 0 Å². The van der Waals surface area contributed by atoms with Crippen LogP contribution >= 0.6 is 7.82 Å². The molecule has 0 saturated carbocycles. The van der Waals surface area contributed by atoms with E-state index in [1.54, 1.807) is 0 Å². The number of aromatic nitrogens is 2. The molecule has 1 aromatic rings. The van der Waals surface area contributed by atoms with E-state index in [0.717, 1.165) is 23.9 Å². The van der Waals surface area contributed by atoms with Crippen molar-refractivity contribution in [3.05, 3.63) is 33.1 Å². The van der Waals surface area contributed by atoms with Gasteiger partial charge in [0.25, 0.3) is 5.56 Å². The molecule has 1 aliphatic heterocycles. The lowest BCUT2D eigenvalue weighted by molar-refractivity contribution is -0.0569. The van der Waals surface area contributed by atoms with E-state index in [9.17, 15) is 23.4 Å². The number of hydrogen-bond donors (Lipinski definition) is 2. The summed E-state index contributed by atoms with van der Waals surface area (Å²) in [7, 11) is -2.23. The molecule has 2 rings (SSSR count). The summed E-state index contributed by atoms with van der Waals surface area (Å²) in [5.41, 5.74) is -1.54. The highest BCUT2D eigenvalue weighted by Crippen LogP contribution is 2.48. The van der Waals surface area contributed by atoms with Crippen molar-refractivity contribution < 1.29 is 32.4 Å². The van der Waals surface area contributed by atoms with E-state index in [1.807, 2.05) is 4.98 Å². The highest BCUT2D eigenvalue weighted by molar-refractivity contribution is 7.47. The fourth-order valence-electron chi connectivity index (χ4n) is 2.17. The summed E-state index contributed by atoms with van der Waals surface area (Å²) in [6, 6.07) is 1.02. The summed E-state index contributed by atoms with van der Waals surface area (Å²) < 4.78 is 46.2. The molecule has 130 valence electrons. The van der Waals surface area contributed by atoms with Crippen LogP contribution in [-0.2, 0) is 23.1 Å². The third kappa shape index (κ3) is 3.94. The van der Waals surface area contributed by atoms with Gasteiger partial charge in [-0.2, -0.15) is 0 Å². The molecule has 0 amide bonds. The average Bonchev–Trinajstić information content (AvgIpc) is 2.77. The van der Waals surface area contributed by atoms with Gasteiger partial charge < -0.3 is 14.4 Å². The number of alkyl halides is 1. The predicted octanol–water partition coefficient (Wildman–Crippen LogP) is -0.450. The average molecular weight is 354 g/mol. The molecule has 10 nitrogen and oxygen atoms in total. The van der Waals surface area contributed by atoms with Crippen LogP contribution in [0.4, 0.5) is 4.39 Å². The van der Waals surface area contributed by atoms with Crippen LogP contribution < -0.4 is 11.2 Å².